The molecule has 1 aliphatic heterocycles. The Bertz CT molecular complexity index is 466. The molecule has 0 unspecified atom stereocenters. The molecule has 1 aromatic rings. The van der Waals surface area contributed by atoms with E-state index in [1.165, 1.54) is 5.69 Å². The number of ether oxygens (including phenoxy) is 1. The van der Waals surface area contributed by atoms with Crippen LogP contribution < -0.4 is 15.0 Å². The van der Waals surface area contributed by atoms with E-state index in [0.29, 0.717) is 0 Å². The second-order valence-corrected chi connectivity index (χ2v) is 5.35. The lowest BCUT2D eigenvalue weighted by molar-refractivity contribution is 0.168. The van der Waals surface area contributed by atoms with E-state index in [4.69, 9.17) is 17.0 Å². The zero-order chi connectivity index (χ0) is 14.5. The van der Waals surface area contributed by atoms with Gasteiger partial charge in [0.25, 0.3) is 0 Å². The molecule has 1 aromatic carbocycles. The van der Waals surface area contributed by atoms with Crippen molar-refractivity contribution in [2.24, 2.45) is 0 Å². The van der Waals surface area contributed by atoms with Gasteiger partial charge in [-0.2, -0.15) is 0 Å². The molecule has 20 heavy (non-hydrogen) atoms. The first-order valence-electron chi connectivity index (χ1n) is 7.15. The zero-order valence-electron chi connectivity index (χ0n) is 12.4. The van der Waals surface area contributed by atoms with Crippen LogP contribution in [0.3, 0.4) is 0 Å². The minimum absolute atomic E-state index is 0.131. The molecule has 0 radical (unpaired) electrons. The highest BCUT2D eigenvalue weighted by Gasteiger charge is 2.25. The quantitative estimate of drug-likeness (QED) is 0.858. The Morgan fingerprint density at radius 2 is 2.20 bits per heavy atom. The van der Waals surface area contributed by atoms with E-state index in [1.807, 2.05) is 31.0 Å². The van der Waals surface area contributed by atoms with Crippen molar-refractivity contribution >= 4 is 23.0 Å². The van der Waals surface area contributed by atoms with Gasteiger partial charge in [0.05, 0.1) is 18.8 Å². The van der Waals surface area contributed by atoms with Gasteiger partial charge in [0.2, 0.25) is 0 Å². The summed E-state index contributed by atoms with van der Waals surface area (Å²) in [6.45, 7) is 7.73. The number of anilines is 1. The Kier molecular flexibility index (Phi) is 5.06. The highest BCUT2D eigenvalue weighted by molar-refractivity contribution is 7.80. The summed E-state index contributed by atoms with van der Waals surface area (Å²) in [5, 5.41) is 3.94. The fraction of sp³-hybridized carbons (Fsp3) is 0.533. The SMILES string of the molecule is CCNC(=S)N(C)C[C@@H]1CN(CC)c2ccccc2O1. The molecule has 1 N–H and O–H groups in total. The lowest BCUT2D eigenvalue weighted by Crippen LogP contribution is -2.48. The molecule has 1 heterocycles. The third-order valence-electron chi connectivity index (χ3n) is 3.46. The first kappa shape index (κ1) is 14.9. The van der Waals surface area contributed by atoms with Crippen LogP contribution in [0.15, 0.2) is 24.3 Å². The average molecular weight is 293 g/mol. The zero-order valence-corrected chi connectivity index (χ0v) is 13.2. The molecule has 0 bridgehead atoms. The van der Waals surface area contributed by atoms with Crippen LogP contribution in [0.2, 0.25) is 0 Å². The van der Waals surface area contributed by atoms with Gasteiger partial charge in [-0.15, -0.1) is 0 Å². The summed E-state index contributed by atoms with van der Waals surface area (Å²) in [5.74, 6) is 0.966. The number of para-hydroxylation sites is 2. The molecule has 5 heteroatoms. The maximum atomic E-state index is 6.09. The number of nitrogens with one attached hydrogen (secondary N) is 1. The van der Waals surface area contributed by atoms with Crippen molar-refractivity contribution in [1.82, 2.24) is 10.2 Å². The van der Waals surface area contributed by atoms with E-state index >= 15 is 0 Å². The van der Waals surface area contributed by atoms with Crippen molar-refractivity contribution in [3.05, 3.63) is 24.3 Å². The van der Waals surface area contributed by atoms with Crippen LogP contribution in [0, 0.1) is 0 Å². The number of thiocarbonyl (C=S) groups is 1. The van der Waals surface area contributed by atoms with E-state index in [1.54, 1.807) is 0 Å². The summed E-state index contributed by atoms with van der Waals surface area (Å²) in [4.78, 5) is 4.40. The van der Waals surface area contributed by atoms with Crippen molar-refractivity contribution < 1.29 is 4.74 Å². The van der Waals surface area contributed by atoms with E-state index in [0.717, 1.165) is 37.0 Å². The maximum Gasteiger partial charge on any atom is 0.168 e. The molecule has 4 nitrogen and oxygen atoms in total. The Labute approximate surface area is 126 Å². The predicted octanol–water partition coefficient (Wildman–Crippen LogP) is 2.10. The fourth-order valence-corrected chi connectivity index (χ4v) is 2.67. The standard InChI is InChI=1S/C15H23N3OS/c1-4-16-15(20)17(3)10-12-11-18(5-2)13-8-6-7-9-14(13)19-12/h6-9,12H,4-5,10-11H2,1-3H3,(H,16,20)/t12-/m1/s1. The lowest BCUT2D eigenvalue weighted by atomic mass is 10.2. The number of rotatable bonds is 4. The second-order valence-electron chi connectivity index (χ2n) is 4.96. The van der Waals surface area contributed by atoms with Gasteiger partial charge >= 0.3 is 0 Å². The number of hydrogen-bond acceptors (Lipinski definition) is 3. The van der Waals surface area contributed by atoms with Crippen LogP contribution in [-0.2, 0) is 0 Å². The maximum absolute atomic E-state index is 6.09. The molecule has 0 fully saturated rings. The van der Waals surface area contributed by atoms with Crippen molar-refractivity contribution in [3.8, 4) is 5.75 Å². The van der Waals surface area contributed by atoms with Crippen molar-refractivity contribution in [3.63, 3.8) is 0 Å². The molecule has 2 rings (SSSR count). The van der Waals surface area contributed by atoms with E-state index < -0.39 is 0 Å². The van der Waals surface area contributed by atoms with Gasteiger partial charge in [0.15, 0.2) is 5.11 Å². The third-order valence-corrected chi connectivity index (χ3v) is 3.91. The molecule has 0 saturated heterocycles. The number of nitrogens with zero attached hydrogens (tertiary/aromatic N) is 2. The van der Waals surface area contributed by atoms with E-state index in [-0.39, 0.29) is 6.10 Å². The molecular weight excluding hydrogens is 270 g/mol. The number of hydrogen-bond donors (Lipinski definition) is 1. The van der Waals surface area contributed by atoms with Crippen LogP contribution in [0.5, 0.6) is 5.75 Å². The smallest absolute Gasteiger partial charge is 0.168 e. The van der Waals surface area contributed by atoms with Crippen molar-refractivity contribution in [1.29, 1.82) is 0 Å². The van der Waals surface area contributed by atoms with E-state index in [2.05, 4.69) is 29.3 Å². The van der Waals surface area contributed by atoms with Gasteiger partial charge in [-0.25, -0.2) is 0 Å². The van der Waals surface area contributed by atoms with Gasteiger partial charge in [-0.05, 0) is 38.2 Å². The Balaban J connectivity index is 2.04. The van der Waals surface area contributed by atoms with Gasteiger partial charge in [-0.1, -0.05) is 12.1 Å². The summed E-state index contributed by atoms with van der Waals surface area (Å²) in [6.07, 6.45) is 0.131. The second kappa shape index (κ2) is 6.79. The summed E-state index contributed by atoms with van der Waals surface area (Å²) >= 11 is 5.33. The topological polar surface area (TPSA) is 27.7 Å². The Morgan fingerprint density at radius 3 is 2.90 bits per heavy atom. The largest absolute Gasteiger partial charge is 0.485 e. The highest BCUT2D eigenvalue weighted by Crippen LogP contribution is 2.32. The summed E-state index contributed by atoms with van der Waals surface area (Å²) in [7, 11) is 2.01. The normalized spacial score (nSPS) is 17.1. The predicted molar refractivity (Wildman–Crippen MR) is 87.6 cm³/mol. The fourth-order valence-electron chi connectivity index (χ4n) is 2.45. The molecule has 0 amide bonds. The molecule has 1 atom stereocenters. The minimum Gasteiger partial charge on any atom is -0.485 e. The number of benzene rings is 1. The third kappa shape index (κ3) is 3.33. The van der Waals surface area contributed by atoms with Crippen molar-refractivity contribution in [2.45, 2.75) is 20.0 Å². The van der Waals surface area contributed by atoms with Gasteiger partial charge in [-0.3, -0.25) is 0 Å². The Hall–Kier alpha value is -1.49. The van der Waals surface area contributed by atoms with Gasteiger partial charge < -0.3 is 19.9 Å². The van der Waals surface area contributed by atoms with Crippen LogP contribution in [0.25, 0.3) is 0 Å². The van der Waals surface area contributed by atoms with Crippen LogP contribution >= 0.6 is 12.2 Å². The molecule has 0 saturated carbocycles. The highest BCUT2D eigenvalue weighted by atomic mass is 32.1. The number of likely N-dealkylation sites (N-methyl/N-ethyl adjacent to an activating group) is 2. The minimum atomic E-state index is 0.131. The molecule has 1 aliphatic rings. The summed E-state index contributed by atoms with van der Waals surface area (Å²) < 4.78 is 6.09. The van der Waals surface area contributed by atoms with Crippen LogP contribution in [-0.4, -0.2) is 49.3 Å². The van der Waals surface area contributed by atoms with Crippen molar-refractivity contribution in [2.75, 3.05) is 38.1 Å². The molecule has 0 aliphatic carbocycles. The first-order chi connectivity index (χ1) is 9.65. The summed E-state index contributed by atoms with van der Waals surface area (Å²) in [5.41, 5.74) is 1.18. The monoisotopic (exact) mass is 293 g/mol. The Morgan fingerprint density at radius 1 is 1.45 bits per heavy atom. The molecular formula is C15H23N3OS. The van der Waals surface area contributed by atoms with Crippen LogP contribution in [0.1, 0.15) is 13.8 Å². The molecule has 0 aromatic heterocycles. The molecule has 0 spiro atoms. The molecule has 110 valence electrons. The van der Waals surface area contributed by atoms with Gasteiger partial charge in [0.1, 0.15) is 11.9 Å². The number of fused-ring (bicyclic) bond motifs is 1. The first-order valence-corrected chi connectivity index (χ1v) is 7.56. The van der Waals surface area contributed by atoms with Crippen LogP contribution in [0.4, 0.5) is 5.69 Å². The summed E-state index contributed by atoms with van der Waals surface area (Å²) in [6, 6.07) is 8.22. The average Bonchev–Trinajstić information content (AvgIpc) is 2.46. The lowest BCUT2D eigenvalue weighted by Gasteiger charge is -2.37. The van der Waals surface area contributed by atoms with E-state index in [9.17, 15) is 0 Å². The van der Waals surface area contributed by atoms with Gasteiger partial charge in [0, 0.05) is 20.1 Å².